The maximum atomic E-state index is 12.7. The van der Waals surface area contributed by atoms with Crippen LogP contribution in [0.2, 0.25) is 0 Å². The Bertz CT molecular complexity index is 1070. The van der Waals surface area contributed by atoms with Gasteiger partial charge in [-0.25, -0.2) is 9.78 Å². The lowest BCUT2D eigenvalue weighted by molar-refractivity contribution is -0.156. The number of thiazole rings is 1. The molecule has 2 atom stereocenters. The van der Waals surface area contributed by atoms with E-state index in [1.54, 1.807) is 44.2 Å². The number of nitrogens with one attached hydrogen (secondary N) is 2. The second-order valence-corrected chi connectivity index (χ2v) is 8.39. The smallest absolute Gasteiger partial charge is 0.329 e. The van der Waals surface area contributed by atoms with E-state index < -0.39 is 24.0 Å². The summed E-state index contributed by atoms with van der Waals surface area (Å²) in [5, 5.41) is 7.62. The molecular formula is C24H25N3O4S. The van der Waals surface area contributed by atoms with Crippen LogP contribution in [0.1, 0.15) is 31.1 Å². The molecule has 7 nitrogen and oxygen atoms in total. The van der Waals surface area contributed by atoms with Crippen LogP contribution in [-0.4, -0.2) is 34.9 Å². The highest BCUT2D eigenvalue weighted by molar-refractivity contribution is 7.14. The Kier molecular flexibility index (Phi) is 7.72. The van der Waals surface area contributed by atoms with Gasteiger partial charge in [-0.15, -0.1) is 11.3 Å². The molecule has 1 heterocycles. The van der Waals surface area contributed by atoms with Crippen molar-refractivity contribution in [3.63, 3.8) is 0 Å². The van der Waals surface area contributed by atoms with E-state index in [-0.39, 0.29) is 11.8 Å². The third-order valence-corrected chi connectivity index (χ3v) is 5.47. The summed E-state index contributed by atoms with van der Waals surface area (Å²) in [6, 6.07) is 17.3. The summed E-state index contributed by atoms with van der Waals surface area (Å²) >= 11 is 1.29. The molecule has 2 aromatic carbocycles. The summed E-state index contributed by atoms with van der Waals surface area (Å²) < 4.78 is 5.35. The molecule has 2 N–H and O–H groups in total. The van der Waals surface area contributed by atoms with Gasteiger partial charge in [0.1, 0.15) is 6.04 Å². The number of carbonyl (C=O) groups excluding carboxylic acids is 3. The molecule has 0 aliphatic heterocycles. The quantitative estimate of drug-likeness (QED) is 0.502. The highest BCUT2D eigenvalue weighted by Gasteiger charge is 2.29. The number of anilines is 1. The van der Waals surface area contributed by atoms with E-state index in [2.05, 4.69) is 15.6 Å². The first-order valence-electron chi connectivity index (χ1n) is 10.2. The van der Waals surface area contributed by atoms with Gasteiger partial charge in [-0.3, -0.25) is 14.9 Å². The minimum Gasteiger partial charge on any atom is -0.451 e. The lowest BCUT2D eigenvalue weighted by atomic mass is 10.0. The van der Waals surface area contributed by atoms with Gasteiger partial charge in [0, 0.05) is 16.5 Å². The Morgan fingerprint density at radius 1 is 0.938 bits per heavy atom. The predicted octanol–water partition coefficient (Wildman–Crippen LogP) is 4.13. The Hall–Kier alpha value is -3.52. The van der Waals surface area contributed by atoms with E-state index in [4.69, 9.17) is 4.74 Å². The Labute approximate surface area is 190 Å². The van der Waals surface area contributed by atoms with Crippen molar-refractivity contribution < 1.29 is 19.1 Å². The summed E-state index contributed by atoms with van der Waals surface area (Å²) in [7, 11) is 0. The molecule has 32 heavy (non-hydrogen) atoms. The van der Waals surface area contributed by atoms with Crippen LogP contribution in [0.4, 0.5) is 5.13 Å². The number of amides is 2. The third-order valence-electron chi connectivity index (χ3n) is 4.71. The first kappa shape index (κ1) is 23.1. The van der Waals surface area contributed by atoms with Gasteiger partial charge in [-0.1, -0.05) is 62.4 Å². The second-order valence-electron chi connectivity index (χ2n) is 7.53. The molecule has 8 heteroatoms. The largest absolute Gasteiger partial charge is 0.451 e. The van der Waals surface area contributed by atoms with Gasteiger partial charge < -0.3 is 10.1 Å². The Morgan fingerprint density at radius 3 is 2.19 bits per heavy atom. The first-order chi connectivity index (χ1) is 15.3. The zero-order valence-electron chi connectivity index (χ0n) is 18.1. The maximum absolute atomic E-state index is 12.7. The van der Waals surface area contributed by atoms with Gasteiger partial charge in [0.15, 0.2) is 11.2 Å². The lowest BCUT2D eigenvalue weighted by Crippen LogP contribution is -2.47. The van der Waals surface area contributed by atoms with E-state index in [9.17, 15) is 14.4 Å². The predicted molar refractivity (Wildman–Crippen MR) is 124 cm³/mol. The first-order valence-corrected chi connectivity index (χ1v) is 11.1. The fraction of sp³-hybridized carbons (Fsp3) is 0.250. The number of esters is 1. The number of hydrogen-bond acceptors (Lipinski definition) is 6. The van der Waals surface area contributed by atoms with Gasteiger partial charge in [0.05, 0.1) is 5.69 Å². The molecule has 0 saturated heterocycles. The third kappa shape index (κ3) is 6.01. The number of benzene rings is 2. The van der Waals surface area contributed by atoms with Crippen LogP contribution in [0.15, 0.2) is 66.0 Å². The molecule has 1 unspecified atom stereocenters. The highest BCUT2D eigenvalue weighted by Crippen LogP contribution is 2.24. The fourth-order valence-corrected chi connectivity index (χ4v) is 3.62. The van der Waals surface area contributed by atoms with E-state index >= 15 is 0 Å². The van der Waals surface area contributed by atoms with Crippen LogP contribution in [0.25, 0.3) is 11.3 Å². The molecule has 0 saturated carbocycles. The van der Waals surface area contributed by atoms with Crippen LogP contribution in [0.5, 0.6) is 0 Å². The number of carbonyl (C=O) groups is 3. The summed E-state index contributed by atoms with van der Waals surface area (Å²) in [6.45, 7) is 5.07. The van der Waals surface area contributed by atoms with Crippen molar-refractivity contribution in [2.24, 2.45) is 5.92 Å². The molecule has 2 amide bonds. The number of nitrogens with zero attached hydrogens (tertiary/aromatic N) is 1. The SMILES string of the molecule is CC(OC(=O)[C@@H](NC(=O)c1ccccc1)C(C)C)C(=O)Nc1nc(-c2ccccc2)cs1. The van der Waals surface area contributed by atoms with Crippen molar-refractivity contribution >= 4 is 34.3 Å². The number of hydrogen-bond donors (Lipinski definition) is 2. The second kappa shape index (κ2) is 10.7. The van der Waals surface area contributed by atoms with Crippen LogP contribution in [0.3, 0.4) is 0 Å². The fourth-order valence-electron chi connectivity index (χ4n) is 2.89. The molecule has 0 fully saturated rings. The zero-order chi connectivity index (χ0) is 23.1. The van der Waals surface area contributed by atoms with Crippen LogP contribution >= 0.6 is 11.3 Å². The molecule has 1 aromatic heterocycles. The molecule has 166 valence electrons. The molecule has 0 radical (unpaired) electrons. The molecular weight excluding hydrogens is 426 g/mol. The zero-order valence-corrected chi connectivity index (χ0v) is 18.9. The van der Waals surface area contributed by atoms with Crippen molar-refractivity contribution in [2.75, 3.05) is 5.32 Å². The average Bonchev–Trinajstić information content (AvgIpc) is 3.26. The molecule has 0 aliphatic rings. The van der Waals surface area contributed by atoms with Gasteiger partial charge >= 0.3 is 5.97 Å². The van der Waals surface area contributed by atoms with E-state index in [1.807, 2.05) is 35.7 Å². The van der Waals surface area contributed by atoms with Crippen LogP contribution in [0, 0.1) is 5.92 Å². The van der Waals surface area contributed by atoms with Crippen molar-refractivity contribution in [1.82, 2.24) is 10.3 Å². The van der Waals surface area contributed by atoms with E-state index in [1.165, 1.54) is 18.3 Å². The van der Waals surface area contributed by atoms with Crippen LogP contribution in [-0.2, 0) is 14.3 Å². The van der Waals surface area contributed by atoms with E-state index in [0.717, 1.165) is 11.3 Å². The van der Waals surface area contributed by atoms with Gasteiger partial charge in [0.25, 0.3) is 11.8 Å². The summed E-state index contributed by atoms with van der Waals surface area (Å²) in [4.78, 5) is 42.0. The van der Waals surface area contributed by atoms with Crippen molar-refractivity contribution in [3.8, 4) is 11.3 Å². The minimum atomic E-state index is -1.05. The summed E-state index contributed by atoms with van der Waals surface area (Å²) in [5.74, 6) is -1.77. The normalized spacial score (nSPS) is 12.6. The lowest BCUT2D eigenvalue weighted by Gasteiger charge is -2.22. The van der Waals surface area contributed by atoms with Gasteiger partial charge in [0.2, 0.25) is 0 Å². The summed E-state index contributed by atoms with van der Waals surface area (Å²) in [6.07, 6.45) is -1.05. The molecule has 3 aromatic rings. The van der Waals surface area contributed by atoms with Crippen molar-refractivity contribution in [3.05, 3.63) is 71.6 Å². The minimum absolute atomic E-state index is 0.224. The number of ether oxygens (including phenoxy) is 1. The molecule has 3 rings (SSSR count). The molecule has 0 spiro atoms. The topological polar surface area (TPSA) is 97.4 Å². The van der Waals surface area contributed by atoms with Gasteiger partial charge in [-0.05, 0) is 25.0 Å². The maximum Gasteiger partial charge on any atom is 0.329 e. The summed E-state index contributed by atoms with van der Waals surface area (Å²) in [5.41, 5.74) is 2.13. The number of aromatic nitrogens is 1. The van der Waals surface area contributed by atoms with Crippen molar-refractivity contribution in [2.45, 2.75) is 32.9 Å². The standard InChI is InChI=1S/C24H25N3O4S/c1-15(2)20(26-22(29)18-12-8-5-9-13-18)23(30)31-16(3)21(28)27-24-25-19(14-32-24)17-10-6-4-7-11-17/h4-16,20H,1-3H3,(H,26,29)(H,25,27,28)/t16?,20-/m0/s1. The monoisotopic (exact) mass is 451 g/mol. The van der Waals surface area contributed by atoms with Crippen LogP contribution < -0.4 is 10.6 Å². The Balaban J connectivity index is 1.59. The average molecular weight is 452 g/mol. The highest BCUT2D eigenvalue weighted by atomic mass is 32.1. The van der Waals surface area contributed by atoms with E-state index in [0.29, 0.717) is 10.7 Å². The molecule has 0 aliphatic carbocycles. The number of rotatable bonds is 8. The van der Waals surface area contributed by atoms with Gasteiger partial charge in [-0.2, -0.15) is 0 Å². The Morgan fingerprint density at radius 2 is 1.56 bits per heavy atom. The van der Waals surface area contributed by atoms with Crippen molar-refractivity contribution in [1.29, 1.82) is 0 Å². The molecule has 0 bridgehead atoms.